The van der Waals surface area contributed by atoms with Crippen LogP contribution in [0.3, 0.4) is 0 Å². The zero-order valence-corrected chi connectivity index (χ0v) is 12.5. The molecule has 108 valence electrons. The molecule has 1 amide bonds. The molecule has 2 N–H and O–H groups in total. The lowest BCUT2D eigenvalue weighted by Gasteiger charge is -2.27. The van der Waals surface area contributed by atoms with Crippen LogP contribution in [0.15, 0.2) is 0 Å². The van der Waals surface area contributed by atoms with Crippen molar-refractivity contribution in [3.05, 3.63) is 0 Å². The van der Waals surface area contributed by atoms with Crippen LogP contribution in [-0.4, -0.2) is 42.6 Å². The number of halogens is 1. The first-order chi connectivity index (χ1) is 8.04. The molecule has 0 bridgehead atoms. The van der Waals surface area contributed by atoms with Crippen LogP contribution >= 0.6 is 12.4 Å². The Morgan fingerprint density at radius 2 is 2.17 bits per heavy atom. The van der Waals surface area contributed by atoms with Crippen LogP contribution in [0.4, 0.5) is 0 Å². The van der Waals surface area contributed by atoms with Gasteiger partial charge in [0.15, 0.2) is 0 Å². The van der Waals surface area contributed by atoms with E-state index in [4.69, 9.17) is 10.5 Å². The summed E-state index contributed by atoms with van der Waals surface area (Å²) < 4.78 is 5.56. The number of hydrogen-bond acceptors (Lipinski definition) is 3. The first-order valence-electron chi connectivity index (χ1n) is 6.70. The van der Waals surface area contributed by atoms with Gasteiger partial charge in [-0.2, -0.15) is 0 Å². The molecule has 1 aliphatic heterocycles. The fraction of sp³-hybridized carbons (Fsp3) is 0.923. The standard InChI is InChI=1S/C13H26N2O2.ClH/c1-4-15(9-11-6-5-7-17-11)13(16)12(14)8-10(2)3;/h10-12H,4-9,14H2,1-3H3;1H/t11?,12-;/m0./s1. The third-order valence-corrected chi connectivity index (χ3v) is 3.18. The lowest BCUT2D eigenvalue weighted by atomic mass is 10.0. The van der Waals surface area contributed by atoms with E-state index in [9.17, 15) is 4.79 Å². The summed E-state index contributed by atoms with van der Waals surface area (Å²) in [6, 6.07) is -0.364. The lowest BCUT2D eigenvalue weighted by Crippen LogP contribution is -2.47. The smallest absolute Gasteiger partial charge is 0.239 e. The van der Waals surface area contributed by atoms with Gasteiger partial charge in [0.25, 0.3) is 0 Å². The van der Waals surface area contributed by atoms with Gasteiger partial charge in [0.2, 0.25) is 5.91 Å². The predicted octanol–water partition coefficient (Wildman–Crippen LogP) is 1.81. The van der Waals surface area contributed by atoms with Gasteiger partial charge in [0.05, 0.1) is 12.1 Å². The van der Waals surface area contributed by atoms with Crippen LogP contribution in [0.5, 0.6) is 0 Å². The second kappa shape index (κ2) is 8.73. The molecule has 5 heteroatoms. The summed E-state index contributed by atoms with van der Waals surface area (Å²) >= 11 is 0. The van der Waals surface area contributed by atoms with Gasteiger partial charge in [-0.3, -0.25) is 4.79 Å². The summed E-state index contributed by atoms with van der Waals surface area (Å²) in [7, 11) is 0. The molecule has 1 rings (SSSR count). The van der Waals surface area contributed by atoms with Gasteiger partial charge in [-0.05, 0) is 32.1 Å². The van der Waals surface area contributed by atoms with E-state index in [1.165, 1.54) is 0 Å². The molecule has 1 heterocycles. The Bertz CT molecular complexity index is 243. The maximum Gasteiger partial charge on any atom is 0.239 e. The SMILES string of the molecule is CCN(CC1CCCO1)C(=O)[C@@H](N)CC(C)C.Cl. The van der Waals surface area contributed by atoms with E-state index in [1.807, 2.05) is 11.8 Å². The maximum atomic E-state index is 12.1. The third-order valence-electron chi connectivity index (χ3n) is 3.18. The second-order valence-electron chi connectivity index (χ2n) is 5.25. The second-order valence-corrected chi connectivity index (χ2v) is 5.25. The molecular weight excluding hydrogens is 252 g/mol. The van der Waals surface area contributed by atoms with Gasteiger partial charge in [-0.1, -0.05) is 13.8 Å². The van der Waals surface area contributed by atoms with Crippen molar-refractivity contribution in [1.29, 1.82) is 0 Å². The summed E-state index contributed by atoms with van der Waals surface area (Å²) in [5, 5.41) is 0. The van der Waals surface area contributed by atoms with Crippen molar-refractivity contribution in [3.8, 4) is 0 Å². The summed E-state index contributed by atoms with van der Waals surface area (Å²) in [5.74, 6) is 0.520. The molecule has 2 atom stereocenters. The van der Waals surface area contributed by atoms with Crippen molar-refractivity contribution in [1.82, 2.24) is 4.90 Å². The number of amides is 1. The van der Waals surface area contributed by atoms with Crippen molar-refractivity contribution >= 4 is 18.3 Å². The number of carbonyl (C=O) groups is 1. The molecule has 1 aliphatic rings. The molecule has 0 aromatic rings. The van der Waals surface area contributed by atoms with E-state index in [0.29, 0.717) is 19.0 Å². The molecule has 0 radical (unpaired) electrons. The Labute approximate surface area is 117 Å². The number of nitrogens with two attached hydrogens (primary N) is 1. The molecule has 0 spiro atoms. The van der Waals surface area contributed by atoms with Crippen molar-refractivity contribution in [2.24, 2.45) is 11.7 Å². The van der Waals surface area contributed by atoms with Crippen molar-refractivity contribution in [2.45, 2.75) is 52.2 Å². The van der Waals surface area contributed by atoms with Crippen LogP contribution in [0.2, 0.25) is 0 Å². The fourth-order valence-electron chi connectivity index (χ4n) is 2.25. The summed E-state index contributed by atoms with van der Waals surface area (Å²) in [4.78, 5) is 14.0. The highest BCUT2D eigenvalue weighted by atomic mass is 35.5. The molecule has 1 fully saturated rings. The minimum atomic E-state index is -0.364. The molecule has 0 aromatic carbocycles. The molecule has 0 aliphatic carbocycles. The molecule has 0 aromatic heterocycles. The summed E-state index contributed by atoms with van der Waals surface area (Å²) in [6.07, 6.45) is 3.13. The zero-order chi connectivity index (χ0) is 12.8. The quantitative estimate of drug-likeness (QED) is 0.806. The van der Waals surface area contributed by atoms with Gasteiger partial charge in [0, 0.05) is 19.7 Å². The largest absolute Gasteiger partial charge is 0.376 e. The summed E-state index contributed by atoms with van der Waals surface area (Å²) in [6.45, 7) is 8.40. The number of carbonyl (C=O) groups excluding carboxylic acids is 1. The van der Waals surface area contributed by atoms with Crippen molar-refractivity contribution in [2.75, 3.05) is 19.7 Å². The normalized spacial score (nSPS) is 20.6. The molecule has 4 nitrogen and oxygen atoms in total. The van der Waals surface area contributed by atoms with E-state index in [2.05, 4.69) is 13.8 Å². The molecular formula is C13H27ClN2O2. The van der Waals surface area contributed by atoms with Crippen molar-refractivity contribution < 1.29 is 9.53 Å². The van der Waals surface area contributed by atoms with E-state index < -0.39 is 0 Å². The average Bonchev–Trinajstić information content (AvgIpc) is 2.76. The van der Waals surface area contributed by atoms with Crippen LogP contribution in [0.25, 0.3) is 0 Å². The van der Waals surface area contributed by atoms with E-state index in [1.54, 1.807) is 0 Å². The highest BCUT2D eigenvalue weighted by Gasteiger charge is 2.25. The Morgan fingerprint density at radius 1 is 1.50 bits per heavy atom. The number of ether oxygens (including phenoxy) is 1. The first kappa shape index (κ1) is 17.7. The van der Waals surface area contributed by atoms with Crippen LogP contribution in [0, 0.1) is 5.92 Å². The minimum absolute atomic E-state index is 0. The maximum absolute atomic E-state index is 12.1. The fourth-order valence-corrected chi connectivity index (χ4v) is 2.25. The van der Waals surface area contributed by atoms with Gasteiger partial charge in [-0.15, -0.1) is 12.4 Å². The van der Waals surface area contributed by atoms with Gasteiger partial charge in [0.1, 0.15) is 0 Å². The molecule has 1 unspecified atom stereocenters. The van der Waals surface area contributed by atoms with E-state index >= 15 is 0 Å². The number of likely N-dealkylation sites (N-methyl/N-ethyl adjacent to an activating group) is 1. The number of hydrogen-bond donors (Lipinski definition) is 1. The number of rotatable bonds is 6. The third kappa shape index (κ3) is 5.55. The van der Waals surface area contributed by atoms with E-state index in [0.717, 1.165) is 25.9 Å². The topological polar surface area (TPSA) is 55.6 Å². The van der Waals surface area contributed by atoms with Crippen molar-refractivity contribution in [3.63, 3.8) is 0 Å². The highest BCUT2D eigenvalue weighted by molar-refractivity contribution is 5.85. The number of nitrogens with zero attached hydrogens (tertiary/aromatic N) is 1. The van der Waals surface area contributed by atoms with Gasteiger partial charge < -0.3 is 15.4 Å². The highest BCUT2D eigenvalue weighted by Crippen LogP contribution is 2.14. The monoisotopic (exact) mass is 278 g/mol. The molecule has 18 heavy (non-hydrogen) atoms. The van der Waals surface area contributed by atoms with Gasteiger partial charge in [-0.25, -0.2) is 0 Å². The van der Waals surface area contributed by atoms with Gasteiger partial charge >= 0.3 is 0 Å². The van der Waals surface area contributed by atoms with Crippen LogP contribution in [0.1, 0.15) is 40.0 Å². The first-order valence-corrected chi connectivity index (χ1v) is 6.70. The van der Waals surface area contributed by atoms with Crippen LogP contribution < -0.4 is 5.73 Å². The minimum Gasteiger partial charge on any atom is -0.376 e. The predicted molar refractivity (Wildman–Crippen MR) is 75.9 cm³/mol. The molecule has 0 saturated carbocycles. The molecule has 1 saturated heterocycles. The lowest BCUT2D eigenvalue weighted by molar-refractivity contribution is -0.134. The Balaban J connectivity index is 0.00000289. The van der Waals surface area contributed by atoms with Crippen LogP contribution in [-0.2, 0) is 9.53 Å². The Morgan fingerprint density at radius 3 is 2.61 bits per heavy atom. The average molecular weight is 279 g/mol. The zero-order valence-electron chi connectivity index (χ0n) is 11.7. The Kier molecular flexibility index (Phi) is 8.57. The Hall–Kier alpha value is -0.320. The van der Waals surface area contributed by atoms with E-state index in [-0.39, 0.29) is 30.5 Å². The summed E-state index contributed by atoms with van der Waals surface area (Å²) in [5.41, 5.74) is 5.94.